The molecule has 282 valence electrons. The maximum absolute atomic E-state index is 13.6. The summed E-state index contributed by atoms with van der Waals surface area (Å²) in [7, 11) is 1.29. The normalized spacial score (nSPS) is 20.4. The molecule has 1 saturated carbocycles. The van der Waals surface area contributed by atoms with Crippen molar-refractivity contribution >= 4 is 39.8 Å². The number of H-pyrrole nitrogens is 2. The van der Waals surface area contributed by atoms with Crippen molar-refractivity contribution in [1.29, 1.82) is 0 Å². The lowest BCUT2D eigenvalue weighted by Gasteiger charge is -2.30. The van der Waals surface area contributed by atoms with E-state index in [9.17, 15) is 14.4 Å². The Balaban J connectivity index is 1.00. The summed E-state index contributed by atoms with van der Waals surface area (Å²) < 4.78 is 4.76. The first-order valence-electron chi connectivity index (χ1n) is 19.2. The second-order valence-electron chi connectivity index (χ2n) is 16.3. The van der Waals surface area contributed by atoms with Gasteiger partial charge in [0.15, 0.2) is 5.82 Å². The first-order valence-corrected chi connectivity index (χ1v) is 19.2. The van der Waals surface area contributed by atoms with Gasteiger partial charge in [0, 0.05) is 41.7 Å². The molecule has 2 aliphatic heterocycles. The fourth-order valence-electron chi connectivity index (χ4n) is 8.13. The van der Waals surface area contributed by atoms with E-state index in [0.29, 0.717) is 18.2 Å². The van der Waals surface area contributed by atoms with Crippen LogP contribution in [0, 0.1) is 23.2 Å². The molecule has 13 heteroatoms. The molecule has 0 unspecified atom stereocenters. The van der Waals surface area contributed by atoms with E-state index in [1.54, 1.807) is 6.20 Å². The zero-order valence-electron chi connectivity index (χ0n) is 31.8. The Hall–Kier alpha value is -5.33. The quantitative estimate of drug-likeness (QED) is 0.147. The van der Waals surface area contributed by atoms with Gasteiger partial charge in [0.25, 0.3) is 0 Å². The van der Waals surface area contributed by atoms with Crippen molar-refractivity contribution in [2.45, 2.75) is 84.8 Å². The number of amides is 3. The molecule has 3 aliphatic rings. The molecule has 5 heterocycles. The number of hydrogen-bond acceptors (Lipinski definition) is 8. The number of methoxy groups -OCH3 is 1. The number of alkyl carbamates (subject to hydrolysis) is 1. The number of hydrogen-bond donors (Lipinski definition) is 3. The minimum absolute atomic E-state index is 0.0301. The van der Waals surface area contributed by atoms with Crippen LogP contribution in [0.5, 0.6) is 0 Å². The van der Waals surface area contributed by atoms with Crippen LogP contribution < -0.4 is 5.32 Å². The topological polar surface area (TPSA) is 162 Å². The van der Waals surface area contributed by atoms with Gasteiger partial charge in [-0.15, -0.1) is 0 Å². The zero-order valence-corrected chi connectivity index (χ0v) is 31.8. The third-order valence-electron chi connectivity index (χ3n) is 11.9. The second kappa shape index (κ2) is 13.8. The van der Waals surface area contributed by atoms with Crippen LogP contribution in [0.3, 0.4) is 0 Å². The van der Waals surface area contributed by atoms with Gasteiger partial charge in [-0.1, -0.05) is 40.7 Å². The van der Waals surface area contributed by atoms with Gasteiger partial charge in [-0.3, -0.25) is 9.59 Å². The molecule has 2 aromatic carbocycles. The molecule has 3 fully saturated rings. The highest BCUT2D eigenvalue weighted by atomic mass is 16.5. The number of aromatic nitrogens is 6. The average Bonchev–Trinajstić information content (AvgIpc) is 3.66. The van der Waals surface area contributed by atoms with Crippen LogP contribution in [-0.2, 0) is 14.3 Å². The predicted molar refractivity (Wildman–Crippen MR) is 205 cm³/mol. The van der Waals surface area contributed by atoms with Gasteiger partial charge in [0.05, 0.1) is 47.6 Å². The monoisotopic (exact) mass is 731 g/mol. The number of aromatic amines is 2. The van der Waals surface area contributed by atoms with Crippen molar-refractivity contribution < 1.29 is 19.1 Å². The molecule has 1 spiro atoms. The van der Waals surface area contributed by atoms with E-state index < -0.39 is 12.1 Å². The van der Waals surface area contributed by atoms with Crippen LogP contribution in [0.25, 0.3) is 44.6 Å². The van der Waals surface area contributed by atoms with E-state index in [4.69, 9.17) is 24.7 Å². The minimum Gasteiger partial charge on any atom is -0.453 e. The standard InChI is InChI=1S/C41H49N9O4/c1-22(2)24(5)38(51)50-21-41(13-14-41)18-33(50)37-45-29-12-10-26(17-30(29)46-37)35-42-19-27-16-25(9-11-28(27)44-35)31-20-43-36(47-31)32-8-7-15-49(32)39(52)34(23(3)4)48-40(53)54-6/h9-12,16-17,19-20,22-24,32-34H,7-8,13-15,18,21H2,1-6H3,(H,43,47)(H,45,46)(H,48,53)/t24-,32-,33-,34-/m0/s1. The minimum atomic E-state index is -0.690. The lowest BCUT2D eigenvalue weighted by Crippen LogP contribution is -2.51. The summed E-state index contributed by atoms with van der Waals surface area (Å²) in [4.78, 5) is 69.3. The molecule has 4 atom stereocenters. The summed E-state index contributed by atoms with van der Waals surface area (Å²) in [5.41, 5.74) is 5.47. The molecule has 3 aromatic heterocycles. The number of carbonyl (C=O) groups excluding carboxylic acids is 3. The summed E-state index contributed by atoms with van der Waals surface area (Å²) in [6.45, 7) is 11.5. The van der Waals surface area contributed by atoms with Crippen molar-refractivity contribution in [3.8, 4) is 22.6 Å². The predicted octanol–water partition coefficient (Wildman–Crippen LogP) is 6.95. The highest BCUT2D eigenvalue weighted by Crippen LogP contribution is 2.58. The zero-order chi connectivity index (χ0) is 37.9. The summed E-state index contributed by atoms with van der Waals surface area (Å²) in [5.74, 6) is 2.41. The molecular formula is C41H49N9O4. The Kier molecular flexibility index (Phi) is 9.13. The van der Waals surface area contributed by atoms with Gasteiger partial charge in [0.1, 0.15) is 17.7 Å². The summed E-state index contributed by atoms with van der Waals surface area (Å²) in [5, 5.41) is 3.59. The fourth-order valence-corrected chi connectivity index (χ4v) is 8.13. The summed E-state index contributed by atoms with van der Waals surface area (Å²) in [6.07, 6.45) is 7.95. The molecule has 1 aliphatic carbocycles. The van der Waals surface area contributed by atoms with Crippen LogP contribution in [0.4, 0.5) is 4.79 Å². The highest BCUT2D eigenvalue weighted by molar-refractivity contribution is 5.87. The number of imidazole rings is 2. The van der Waals surface area contributed by atoms with Crippen molar-refractivity contribution in [2.24, 2.45) is 23.2 Å². The maximum atomic E-state index is 13.6. The Morgan fingerprint density at radius 3 is 2.37 bits per heavy atom. The summed E-state index contributed by atoms with van der Waals surface area (Å²) in [6, 6.07) is 11.1. The summed E-state index contributed by atoms with van der Waals surface area (Å²) >= 11 is 0. The van der Waals surface area contributed by atoms with Gasteiger partial charge in [-0.2, -0.15) is 0 Å². The Labute approximate surface area is 314 Å². The number of benzene rings is 2. The Morgan fingerprint density at radius 2 is 1.63 bits per heavy atom. The number of fused-ring (bicyclic) bond motifs is 2. The third kappa shape index (κ3) is 6.58. The van der Waals surface area contributed by atoms with Crippen molar-refractivity contribution in [3.63, 3.8) is 0 Å². The lowest BCUT2D eigenvalue weighted by molar-refractivity contribution is -0.137. The molecule has 0 bridgehead atoms. The van der Waals surface area contributed by atoms with E-state index in [-0.39, 0.29) is 47.1 Å². The van der Waals surface area contributed by atoms with E-state index in [2.05, 4.69) is 34.0 Å². The molecule has 3 amide bonds. The van der Waals surface area contributed by atoms with Crippen molar-refractivity contribution in [1.82, 2.24) is 45.0 Å². The van der Waals surface area contributed by atoms with Gasteiger partial charge in [-0.25, -0.2) is 24.7 Å². The molecule has 54 heavy (non-hydrogen) atoms. The largest absolute Gasteiger partial charge is 0.453 e. The van der Waals surface area contributed by atoms with Crippen LogP contribution in [0.15, 0.2) is 48.8 Å². The van der Waals surface area contributed by atoms with Gasteiger partial charge >= 0.3 is 6.09 Å². The number of nitrogens with zero attached hydrogens (tertiary/aromatic N) is 6. The SMILES string of the molecule is COC(=O)N[C@H](C(=O)N1CCC[C@H]1c1ncc(-c2ccc3nc(-c4ccc5nc([C@@H]6CC7(CC7)CN6C(=O)[C@@H](C)C(C)C)[nH]c5c4)ncc3c2)[nH]1)C(C)C. The number of rotatable bonds is 9. The highest BCUT2D eigenvalue weighted by Gasteiger charge is 2.54. The average molecular weight is 732 g/mol. The van der Waals surface area contributed by atoms with Crippen molar-refractivity contribution in [2.75, 3.05) is 20.2 Å². The number of likely N-dealkylation sites (tertiary alicyclic amines) is 2. The van der Waals surface area contributed by atoms with Crippen LogP contribution in [0.1, 0.15) is 90.5 Å². The van der Waals surface area contributed by atoms with Crippen LogP contribution >= 0.6 is 0 Å². The first kappa shape index (κ1) is 35.7. The van der Waals surface area contributed by atoms with Crippen LogP contribution in [-0.4, -0.2) is 83.9 Å². The smallest absolute Gasteiger partial charge is 0.407 e. The van der Waals surface area contributed by atoms with E-state index in [0.717, 1.165) is 70.4 Å². The second-order valence-corrected chi connectivity index (χ2v) is 16.3. The van der Waals surface area contributed by atoms with Crippen molar-refractivity contribution in [3.05, 3.63) is 60.4 Å². The fraction of sp³-hybridized carbons (Fsp3) is 0.488. The molecule has 2 saturated heterocycles. The van der Waals surface area contributed by atoms with Gasteiger partial charge in [0.2, 0.25) is 11.8 Å². The van der Waals surface area contributed by atoms with E-state index >= 15 is 0 Å². The first-order chi connectivity index (χ1) is 25.9. The number of carbonyl (C=O) groups is 3. The molecule has 3 N–H and O–H groups in total. The molecule has 8 rings (SSSR count). The number of nitrogens with one attached hydrogen (secondary N) is 3. The Bertz CT molecular complexity index is 2240. The maximum Gasteiger partial charge on any atom is 0.407 e. The molecule has 13 nitrogen and oxygen atoms in total. The Morgan fingerprint density at radius 1 is 0.852 bits per heavy atom. The molecule has 0 radical (unpaired) electrons. The van der Waals surface area contributed by atoms with Gasteiger partial charge in [-0.05, 0) is 79.7 Å². The van der Waals surface area contributed by atoms with E-state index in [1.807, 2.05) is 68.3 Å². The lowest BCUT2D eigenvalue weighted by atomic mass is 9.96. The van der Waals surface area contributed by atoms with Gasteiger partial charge < -0.3 is 29.8 Å². The van der Waals surface area contributed by atoms with Crippen LogP contribution in [0.2, 0.25) is 0 Å². The molecular weight excluding hydrogens is 683 g/mol. The third-order valence-corrected chi connectivity index (χ3v) is 11.9. The molecule has 5 aromatic rings. The van der Waals surface area contributed by atoms with E-state index in [1.165, 1.54) is 20.0 Å². The number of ether oxygens (including phenoxy) is 1.